The third kappa shape index (κ3) is 3.59. The van der Waals surface area contributed by atoms with Crippen LogP contribution in [0.25, 0.3) is 0 Å². The van der Waals surface area contributed by atoms with Crippen LogP contribution in [0, 0.1) is 23.2 Å². The lowest BCUT2D eigenvalue weighted by Gasteiger charge is -2.19. The molecule has 26 heavy (non-hydrogen) atoms. The van der Waals surface area contributed by atoms with Gasteiger partial charge < -0.3 is 10.1 Å². The van der Waals surface area contributed by atoms with E-state index in [1.807, 2.05) is 0 Å². The summed E-state index contributed by atoms with van der Waals surface area (Å²) in [5.74, 6) is -0.970. The van der Waals surface area contributed by atoms with Gasteiger partial charge in [0.15, 0.2) is 9.84 Å². The van der Waals surface area contributed by atoms with E-state index in [0.717, 1.165) is 0 Å². The summed E-state index contributed by atoms with van der Waals surface area (Å²) in [6.45, 7) is 0.298. The van der Waals surface area contributed by atoms with Crippen molar-refractivity contribution in [2.75, 3.05) is 13.7 Å². The number of ether oxygens (including phenoxy) is 1. The Kier molecular flexibility index (Phi) is 5.29. The molecule has 0 unspecified atom stereocenters. The standard InChI is InChI=1S/C18H21ClN2O4S/c1-25-10-12-8-13(26(23,24)16-5-3-2-4-15(16)19)9-14(12)17(22)21-18(11-20)6-7-18/h2-5,12-14H,6-10H2,1H3,(H,21,22)/t12-,13-,14+/m0/s1. The van der Waals surface area contributed by atoms with E-state index in [9.17, 15) is 18.5 Å². The molecule has 1 aromatic rings. The molecule has 3 atom stereocenters. The van der Waals surface area contributed by atoms with Gasteiger partial charge in [0.25, 0.3) is 0 Å². The summed E-state index contributed by atoms with van der Waals surface area (Å²) in [7, 11) is -2.12. The van der Waals surface area contributed by atoms with Gasteiger partial charge in [-0.2, -0.15) is 5.26 Å². The van der Waals surface area contributed by atoms with E-state index in [2.05, 4.69) is 11.4 Å². The van der Waals surface area contributed by atoms with Crippen LogP contribution in [0.5, 0.6) is 0 Å². The van der Waals surface area contributed by atoms with Crippen molar-refractivity contribution in [3.63, 3.8) is 0 Å². The first-order valence-corrected chi connectivity index (χ1v) is 10.5. The van der Waals surface area contributed by atoms with Crippen LogP contribution < -0.4 is 5.32 Å². The first kappa shape index (κ1) is 19.2. The molecule has 3 rings (SSSR count). The Morgan fingerprint density at radius 3 is 2.65 bits per heavy atom. The van der Waals surface area contributed by atoms with Crippen molar-refractivity contribution in [2.45, 2.75) is 41.4 Å². The molecule has 8 heteroatoms. The minimum Gasteiger partial charge on any atom is -0.384 e. The maximum Gasteiger partial charge on any atom is 0.224 e. The molecule has 0 aromatic heterocycles. The van der Waals surface area contributed by atoms with Crippen molar-refractivity contribution in [1.82, 2.24) is 5.32 Å². The van der Waals surface area contributed by atoms with Gasteiger partial charge in [-0.05, 0) is 43.7 Å². The highest BCUT2D eigenvalue weighted by Gasteiger charge is 2.49. The van der Waals surface area contributed by atoms with E-state index >= 15 is 0 Å². The summed E-state index contributed by atoms with van der Waals surface area (Å²) < 4.78 is 31.2. The van der Waals surface area contributed by atoms with Gasteiger partial charge in [0, 0.05) is 19.6 Å². The molecule has 1 N–H and O–H groups in total. The van der Waals surface area contributed by atoms with Crippen molar-refractivity contribution >= 4 is 27.3 Å². The van der Waals surface area contributed by atoms with E-state index in [1.165, 1.54) is 13.2 Å². The minimum atomic E-state index is -3.65. The third-order valence-corrected chi connectivity index (χ3v) is 7.95. The minimum absolute atomic E-state index is 0.0968. The molecule has 0 bridgehead atoms. The SMILES string of the molecule is COC[C@@H]1C[C@H](S(=O)(=O)c2ccccc2Cl)C[C@H]1C(=O)NC1(C#N)CC1. The Morgan fingerprint density at radius 1 is 1.38 bits per heavy atom. The average Bonchev–Trinajstić information content (AvgIpc) is 3.24. The number of sulfone groups is 1. The van der Waals surface area contributed by atoms with E-state index in [-0.39, 0.29) is 28.2 Å². The van der Waals surface area contributed by atoms with Crippen LogP contribution in [0.3, 0.4) is 0 Å². The summed E-state index contributed by atoms with van der Waals surface area (Å²) >= 11 is 6.08. The number of nitrogens with one attached hydrogen (secondary N) is 1. The fourth-order valence-corrected chi connectivity index (χ4v) is 6.01. The quantitative estimate of drug-likeness (QED) is 0.795. The highest BCUT2D eigenvalue weighted by molar-refractivity contribution is 7.92. The zero-order valence-electron chi connectivity index (χ0n) is 14.4. The summed E-state index contributed by atoms with van der Waals surface area (Å²) in [4.78, 5) is 12.8. The zero-order chi connectivity index (χ0) is 18.9. The van der Waals surface area contributed by atoms with E-state index in [0.29, 0.717) is 25.9 Å². The highest BCUT2D eigenvalue weighted by Crippen LogP contribution is 2.41. The van der Waals surface area contributed by atoms with Crippen molar-refractivity contribution in [2.24, 2.45) is 11.8 Å². The number of amides is 1. The number of halogens is 1. The Balaban J connectivity index is 1.82. The molecule has 2 fully saturated rings. The zero-order valence-corrected chi connectivity index (χ0v) is 16.0. The second kappa shape index (κ2) is 7.18. The number of nitrogens with zero attached hydrogens (tertiary/aromatic N) is 1. The Bertz CT molecular complexity index is 845. The van der Waals surface area contributed by atoms with Gasteiger partial charge in [-0.25, -0.2) is 8.42 Å². The van der Waals surface area contributed by atoms with E-state index in [4.69, 9.17) is 16.3 Å². The molecule has 0 heterocycles. The number of carbonyl (C=O) groups is 1. The predicted octanol–water partition coefficient (Wildman–Crippen LogP) is 2.33. The Morgan fingerprint density at radius 2 is 2.08 bits per heavy atom. The monoisotopic (exact) mass is 396 g/mol. The number of methoxy groups -OCH3 is 1. The number of nitriles is 1. The fraction of sp³-hybridized carbons (Fsp3) is 0.556. The van der Waals surface area contributed by atoms with Crippen molar-refractivity contribution in [3.05, 3.63) is 29.3 Å². The van der Waals surface area contributed by atoms with Crippen molar-refractivity contribution in [1.29, 1.82) is 5.26 Å². The molecule has 0 aliphatic heterocycles. The maximum absolute atomic E-state index is 13.0. The Hall–Kier alpha value is -1.62. The average molecular weight is 397 g/mol. The number of hydrogen-bond donors (Lipinski definition) is 1. The number of hydrogen-bond acceptors (Lipinski definition) is 5. The molecule has 0 saturated heterocycles. The second-order valence-corrected chi connectivity index (χ2v) is 9.68. The van der Waals surface area contributed by atoms with E-state index in [1.54, 1.807) is 18.2 Å². The number of rotatable bonds is 6. The van der Waals surface area contributed by atoms with Gasteiger partial charge >= 0.3 is 0 Å². The molecule has 6 nitrogen and oxygen atoms in total. The third-order valence-electron chi connectivity index (χ3n) is 5.28. The van der Waals surface area contributed by atoms with Gasteiger partial charge in [0.05, 0.1) is 21.2 Å². The Labute approximate surface area is 158 Å². The molecule has 1 amide bonds. The van der Waals surface area contributed by atoms with E-state index < -0.39 is 26.5 Å². The molecule has 2 aliphatic carbocycles. The van der Waals surface area contributed by atoms with Crippen LogP contribution in [0.15, 0.2) is 29.2 Å². The highest BCUT2D eigenvalue weighted by atomic mass is 35.5. The molecule has 0 radical (unpaired) electrons. The van der Waals surface area contributed by atoms with Crippen LogP contribution in [0.2, 0.25) is 5.02 Å². The van der Waals surface area contributed by atoms with Crippen LogP contribution in [0.4, 0.5) is 0 Å². The van der Waals surface area contributed by atoms with Crippen molar-refractivity contribution < 1.29 is 17.9 Å². The lowest BCUT2D eigenvalue weighted by atomic mass is 9.95. The molecule has 0 spiro atoms. The van der Waals surface area contributed by atoms with Gasteiger partial charge in [0.1, 0.15) is 5.54 Å². The van der Waals surface area contributed by atoms with Gasteiger partial charge in [-0.1, -0.05) is 23.7 Å². The number of carbonyl (C=O) groups excluding carboxylic acids is 1. The smallest absolute Gasteiger partial charge is 0.224 e. The predicted molar refractivity (Wildman–Crippen MR) is 96.2 cm³/mol. The molecular formula is C18H21ClN2O4S. The van der Waals surface area contributed by atoms with Gasteiger partial charge in [0.2, 0.25) is 5.91 Å². The van der Waals surface area contributed by atoms with Crippen LogP contribution >= 0.6 is 11.6 Å². The van der Waals surface area contributed by atoms with Gasteiger partial charge in [-0.3, -0.25) is 4.79 Å². The second-order valence-electron chi connectivity index (χ2n) is 7.07. The molecule has 1 aromatic carbocycles. The van der Waals surface area contributed by atoms with Crippen molar-refractivity contribution in [3.8, 4) is 6.07 Å². The first-order valence-electron chi connectivity index (χ1n) is 8.53. The van der Waals surface area contributed by atoms with Crippen LogP contribution in [-0.2, 0) is 19.4 Å². The summed E-state index contributed by atoms with van der Waals surface area (Å²) in [6.07, 6.45) is 1.81. The summed E-state index contributed by atoms with van der Waals surface area (Å²) in [6, 6.07) is 8.48. The molecule has 2 aliphatic rings. The molecule has 140 valence electrons. The van der Waals surface area contributed by atoms with Crippen LogP contribution in [-0.4, -0.2) is 38.8 Å². The number of benzene rings is 1. The topological polar surface area (TPSA) is 96.3 Å². The normalized spacial score (nSPS) is 26.9. The maximum atomic E-state index is 13.0. The lowest BCUT2D eigenvalue weighted by Crippen LogP contribution is -2.41. The molecule has 2 saturated carbocycles. The summed E-state index contributed by atoms with van der Waals surface area (Å²) in [5.41, 5.74) is -0.769. The fourth-order valence-electron chi connectivity index (χ4n) is 3.62. The summed E-state index contributed by atoms with van der Waals surface area (Å²) in [5, 5.41) is 11.5. The van der Waals surface area contributed by atoms with Crippen LogP contribution in [0.1, 0.15) is 25.7 Å². The van der Waals surface area contributed by atoms with Gasteiger partial charge in [-0.15, -0.1) is 0 Å². The largest absolute Gasteiger partial charge is 0.384 e. The molecular weight excluding hydrogens is 376 g/mol. The lowest BCUT2D eigenvalue weighted by molar-refractivity contribution is -0.127. The first-order chi connectivity index (χ1) is 12.3.